The Balaban J connectivity index is 2.47. The van der Waals surface area contributed by atoms with Gasteiger partial charge in [-0.1, -0.05) is 40.2 Å². The highest BCUT2D eigenvalue weighted by molar-refractivity contribution is 9.10. The van der Waals surface area contributed by atoms with Gasteiger partial charge in [-0.2, -0.15) is 39.5 Å². The van der Waals surface area contributed by atoms with Gasteiger partial charge < -0.3 is 10.2 Å². The molecule has 1 N–H and O–H groups in total. The second kappa shape index (κ2) is 11.2. The largest absolute Gasteiger partial charge is 0.435 e. The van der Waals surface area contributed by atoms with E-state index >= 15 is 4.39 Å². The highest BCUT2D eigenvalue weighted by Crippen LogP contribution is 2.56. The number of carbonyl (C=O) groups excluding carboxylic acids is 2. The van der Waals surface area contributed by atoms with E-state index in [2.05, 4.69) is 21.2 Å². The van der Waals surface area contributed by atoms with E-state index in [9.17, 15) is 53.5 Å². The lowest BCUT2D eigenvalue weighted by Crippen LogP contribution is -2.50. The number of nitrogens with zero attached hydrogens (tertiary/aromatic N) is 1. The van der Waals surface area contributed by atoms with E-state index in [1.807, 2.05) is 0 Å². The van der Waals surface area contributed by atoms with Gasteiger partial charge in [0, 0.05) is 40.8 Å². The van der Waals surface area contributed by atoms with Crippen LogP contribution in [0.15, 0.2) is 59.1 Å². The number of rotatable bonds is 5. The average Bonchev–Trinajstić information content (AvgIpc) is 2.89. The first kappa shape index (κ1) is 32.8. The molecule has 0 saturated carbocycles. The number of amides is 2. The lowest BCUT2D eigenvalue weighted by molar-refractivity contribution is -0.348. The molecule has 16 heteroatoms. The summed E-state index contributed by atoms with van der Waals surface area (Å²) in [5.41, 5.74) is -14.9. The number of hydrogen-bond donors (Lipinski definition) is 1. The predicted molar refractivity (Wildman–Crippen MR) is 132 cm³/mol. The van der Waals surface area contributed by atoms with Crippen LogP contribution in [0.3, 0.4) is 0 Å². The average molecular weight is 677 g/mol. The summed E-state index contributed by atoms with van der Waals surface area (Å²) in [4.78, 5) is 25.9. The lowest BCUT2D eigenvalue weighted by atomic mass is 9.88. The van der Waals surface area contributed by atoms with Crippen molar-refractivity contribution in [2.75, 3.05) is 19.0 Å². The summed E-state index contributed by atoms with van der Waals surface area (Å²) in [6.45, 7) is 0. The second-order valence-electron chi connectivity index (χ2n) is 8.66. The van der Waals surface area contributed by atoms with Crippen LogP contribution in [0.4, 0.5) is 54.0 Å². The number of alkyl halides is 10. The van der Waals surface area contributed by atoms with E-state index in [0.717, 1.165) is 14.1 Å². The van der Waals surface area contributed by atoms with Crippen molar-refractivity contribution < 1.29 is 57.9 Å². The van der Waals surface area contributed by atoms with Crippen LogP contribution >= 0.6 is 15.9 Å². The zero-order valence-corrected chi connectivity index (χ0v) is 22.6. The first-order valence-corrected chi connectivity index (χ1v) is 12.1. The van der Waals surface area contributed by atoms with Crippen LogP contribution in [0.5, 0.6) is 0 Å². The molecule has 42 heavy (non-hydrogen) atoms. The number of nitrogens with one attached hydrogen (secondary N) is 1. The van der Waals surface area contributed by atoms with Crippen molar-refractivity contribution in [1.29, 1.82) is 0 Å². The maximum Gasteiger partial charge on any atom is 0.435 e. The first-order chi connectivity index (χ1) is 19.2. The minimum absolute atomic E-state index is 0.0984. The third kappa shape index (κ3) is 5.68. The Morgan fingerprint density at radius 3 is 1.86 bits per heavy atom. The van der Waals surface area contributed by atoms with E-state index in [4.69, 9.17) is 0 Å². The third-order valence-electron chi connectivity index (χ3n) is 6.09. The van der Waals surface area contributed by atoms with Crippen LogP contribution in [0.1, 0.15) is 31.8 Å². The molecule has 0 unspecified atom stereocenters. The molecule has 0 saturated heterocycles. The maximum atomic E-state index is 15.8. The second-order valence-corrected chi connectivity index (χ2v) is 9.52. The molecule has 0 fully saturated rings. The molecule has 0 heterocycles. The Bertz CT molecular complexity index is 1500. The fourth-order valence-corrected chi connectivity index (χ4v) is 4.74. The summed E-state index contributed by atoms with van der Waals surface area (Å²) >= 11 is 2.50. The summed E-state index contributed by atoms with van der Waals surface area (Å²) < 4.78 is 152. The lowest BCUT2D eigenvalue weighted by Gasteiger charge is -2.32. The Hall–Kier alpha value is -3.69. The zero-order valence-electron chi connectivity index (χ0n) is 21.0. The van der Waals surface area contributed by atoms with E-state index in [-0.39, 0.29) is 11.6 Å². The van der Waals surface area contributed by atoms with Gasteiger partial charge in [-0.15, -0.1) is 0 Å². The molecule has 0 aliphatic heterocycles. The molecule has 0 bridgehead atoms. The normalized spacial score (nSPS) is 12.7. The number of anilines is 1. The van der Waals surface area contributed by atoms with E-state index in [1.54, 1.807) is 0 Å². The summed E-state index contributed by atoms with van der Waals surface area (Å²) in [7, 11) is 2.01. The van der Waals surface area contributed by atoms with E-state index < -0.39 is 85.9 Å². The van der Waals surface area contributed by atoms with Gasteiger partial charge >= 0.3 is 24.2 Å². The fourth-order valence-electron chi connectivity index (χ4n) is 4.07. The number of carbonyl (C=O) groups is 2. The van der Waals surface area contributed by atoms with Crippen LogP contribution in [-0.2, 0) is 11.8 Å². The van der Waals surface area contributed by atoms with Gasteiger partial charge in [0.05, 0.1) is 16.8 Å². The van der Waals surface area contributed by atoms with Crippen LogP contribution in [0, 0.1) is 5.82 Å². The smallest absolute Gasteiger partial charge is 0.355 e. The topological polar surface area (TPSA) is 49.4 Å². The molecule has 3 aromatic carbocycles. The molecule has 0 aromatic heterocycles. The van der Waals surface area contributed by atoms with Crippen molar-refractivity contribution in [2.45, 2.75) is 24.2 Å². The predicted octanol–water partition coefficient (Wildman–Crippen LogP) is 8.20. The minimum atomic E-state index is -6.73. The minimum Gasteiger partial charge on any atom is -0.355 e. The SMILES string of the molecule is CNC(=O)c1ccc(-c2c(Br)cc(C(F)(C(F)(F)F)C(F)(F)F)cc2C(F)(F)F)c(N(C)C(=O)c2ccccc2)c1F. The zero-order chi connectivity index (χ0) is 32.0. The Kier molecular flexibility index (Phi) is 8.74. The Labute approximate surface area is 238 Å². The summed E-state index contributed by atoms with van der Waals surface area (Å²) in [5, 5.41) is 2.08. The van der Waals surface area contributed by atoms with Crippen molar-refractivity contribution in [1.82, 2.24) is 5.32 Å². The van der Waals surface area contributed by atoms with Gasteiger partial charge in [0.2, 0.25) is 0 Å². The molecule has 3 aromatic rings. The van der Waals surface area contributed by atoms with Gasteiger partial charge in [-0.3, -0.25) is 9.59 Å². The molecule has 3 rings (SSSR count). The van der Waals surface area contributed by atoms with Crippen LogP contribution < -0.4 is 10.2 Å². The number of halogens is 12. The van der Waals surface area contributed by atoms with Crippen LogP contribution in [0.25, 0.3) is 11.1 Å². The monoisotopic (exact) mass is 676 g/mol. The Morgan fingerprint density at radius 1 is 0.833 bits per heavy atom. The highest BCUT2D eigenvalue weighted by Gasteiger charge is 2.73. The molecule has 0 atom stereocenters. The Morgan fingerprint density at radius 2 is 1.38 bits per heavy atom. The van der Waals surface area contributed by atoms with Crippen molar-refractivity contribution >= 4 is 33.4 Å². The van der Waals surface area contributed by atoms with Crippen molar-refractivity contribution in [3.63, 3.8) is 0 Å². The molecule has 0 aliphatic carbocycles. The van der Waals surface area contributed by atoms with Crippen molar-refractivity contribution in [2.24, 2.45) is 0 Å². The fraction of sp³-hybridized carbons (Fsp3) is 0.231. The number of benzene rings is 3. The van der Waals surface area contributed by atoms with Gasteiger partial charge in [0.25, 0.3) is 11.8 Å². The molecular weight excluding hydrogens is 661 g/mol. The van der Waals surface area contributed by atoms with Crippen LogP contribution in [-0.4, -0.2) is 38.3 Å². The molecule has 0 spiro atoms. The van der Waals surface area contributed by atoms with E-state index in [1.165, 1.54) is 30.3 Å². The standard InChI is InChI=1S/C26H16BrF11N2O2/c1-39-21(41)15-9-8-14(20(19(15)28)40(2)22(42)12-6-4-3-5-7-12)18-16(24(30,31)32)10-13(11-17(18)27)23(29,25(33,34)35)26(36,37)38/h3-11H,1-2H3,(H,39,41). The highest BCUT2D eigenvalue weighted by atomic mass is 79.9. The molecule has 0 radical (unpaired) electrons. The summed E-state index contributed by atoms with van der Waals surface area (Å²) in [5.74, 6) is -3.64. The van der Waals surface area contributed by atoms with Gasteiger partial charge in [0.1, 0.15) is 0 Å². The van der Waals surface area contributed by atoms with Crippen molar-refractivity contribution in [3.8, 4) is 11.1 Å². The third-order valence-corrected chi connectivity index (χ3v) is 6.72. The van der Waals surface area contributed by atoms with Gasteiger partial charge in [0.15, 0.2) is 5.82 Å². The first-order valence-electron chi connectivity index (χ1n) is 11.3. The molecule has 4 nitrogen and oxygen atoms in total. The van der Waals surface area contributed by atoms with Crippen molar-refractivity contribution in [3.05, 3.63) is 87.1 Å². The molecular formula is C26H16BrF11N2O2. The van der Waals surface area contributed by atoms with Gasteiger partial charge in [-0.25, -0.2) is 8.78 Å². The number of hydrogen-bond acceptors (Lipinski definition) is 2. The molecule has 2 amide bonds. The summed E-state index contributed by atoms with van der Waals surface area (Å²) in [6, 6.07) is 7.40. The quantitative estimate of drug-likeness (QED) is 0.277. The maximum absolute atomic E-state index is 15.8. The summed E-state index contributed by atoms with van der Waals surface area (Å²) in [6.07, 6.45) is -19.2. The van der Waals surface area contributed by atoms with E-state index in [0.29, 0.717) is 17.0 Å². The molecule has 0 aliphatic rings. The van der Waals surface area contributed by atoms with Gasteiger partial charge in [-0.05, 0) is 30.3 Å². The van der Waals surface area contributed by atoms with Crippen LogP contribution in [0.2, 0.25) is 0 Å². The molecule has 226 valence electrons.